The van der Waals surface area contributed by atoms with Crippen molar-refractivity contribution >= 4 is 12.6 Å². The lowest BCUT2D eigenvalue weighted by atomic mass is 9.78. The van der Waals surface area contributed by atoms with E-state index in [0.717, 1.165) is 5.56 Å². The van der Waals surface area contributed by atoms with Crippen molar-refractivity contribution in [2.24, 2.45) is 0 Å². The molecule has 0 unspecified atom stereocenters. The van der Waals surface area contributed by atoms with Crippen LogP contribution in [0.2, 0.25) is 0 Å². The Morgan fingerprint density at radius 2 is 1.81 bits per heavy atom. The minimum Gasteiger partial charge on any atom is -0.489 e. The monoisotopic (exact) mass is 359 g/mol. The molecule has 1 aromatic heterocycles. The molecule has 1 saturated heterocycles. The summed E-state index contributed by atoms with van der Waals surface area (Å²) in [7, 11) is 0.848. The molecule has 138 valence electrons. The Bertz CT molecular complexity index is 781. The Kier molecular flexibility index (Phi) is 4.95. The molecule has 0 spiro atoms. The SMILES string of the molecule is COc1ncccc1COc1ccc(F)cc1B1OC(C)(C)C(C)(C)O1. The summed E-state index contributed by atoms with van der Waals surface area (Å²) in [6.45, 7) is 8.04. The van der Waals surface area contributed by atoms with E-state index in [1.165, 1.54) is 12.1 Å². The maximum absolute atomic E-state index is 13.9. The molecule has 7 heteroatoms. The molecule has 1 aliphatic rings. The van der Waals surface area contributed by atoms with Gasteiger partial charge in [0.2, 0.25) is 5.88 Å². The second kappa shape index (κ2) is 6.89. The van der Waals surface area contributed by atoms with Crippen molar-refractivity contribution in [3.8, 4) is 11.6 Å². The molecule has 0 bridgehead atoms. The zero-order chi connectivity index (χ0) is 18.9. The molecule has 0 aliphatic carbocycles. The molecule has 0 saturated carbocycles. The van der Waals surface area contributed by atoms with E-state index in [4.69, 9.17) is 18.8 Å². The number of nitrogens with zero attached hydrogens (tertiary/aromatic N) is 1. The molecular formula is C19H23BFNO4. The molecule has 3 rings (SSSR count). The van der Waals surface area contributed by atoms with Crippen molar-refractivity contribution < 1.29 is 23.2 Å². The minimum absolute atomic E-state index is 0.231. The Balaban J connectivity index is 1.85. The van der Waals surface area contributed by atoms with Crippen molar-refractivity contribution in [3.05, 3.63) is 47.9 Å². The second-order valence-electron chi connectivity index (χ2n) is 7.23. The van der Waals surface area contributed by atoms with E-state index >= 15 is 0 Å². The molecule has 2 heterocycles. The zero-order valence-corrected chi connectivity index (χ0v) is 15.7. The van der Waals surface area contributed by atoms with Crippen LogP contribution in [0.1, 0.15) is 33.3 Å². The van der Waals surface area contributed by atoms with Gasteiger partial charge in [0.15, 0.2) is 0 Å². The summed E-state index contributed by atoms with van der Waals surface area (Å²) >= 11 is 0. The normalized spacial score (nSPS) is 18.0. The van der Waals surface area contributed by atoms with Crippen molar-refractivity contribution in [2.45, 2.75) is 45.5 Å². The van der Waals surface area contributed by atoms with Crippen LogP contribution in [0.5, 0.6) is 11.6 Å². The van der Waals surface area contributed by atoms with Gasteiger partial charge in [-0.3, -0.25) is 0 Å². The summed E-state index contributed by atoms with van der Waals surface area (Å²) in [5, 5.41) is 0. The third-order valence-electron chi connectivity index (χ3n) is 4.91. The van der Waals surface area contributed by atoms with Crippen molar-refractivity contribution in [2.75, 3.05) is 7.11 Å². The van der Waals surface area contributed by atoms with Gasteiger partial charge in [0.1, 0.15) is 18.2 Å². The first kappa shape index (κ1) is 18.7. The van der Waals surface area contributed by atoms with Crippen LogP contribution in [0, 0.1) is 5.82 Å². The Morgan fingerprint density at radius 1 is 1.12 bits per heavy atom. The van der Waals surface area contributed by atoms with Crippen LogP contribution in [-0.4, -0.2) is 30.4 Å². The fourth-order valence-corrected chi connectivity index (χ4v) is 2.68. The van der Waals surface area contributed by atoms with E-state index in [2.05, 4.69) is 4.98 Å². The van der Waals surface area contributed by atoms with Gasteiger partial charge in [0.25, 0.3) is 0 Å². The van der Waals surface area contributed by atoms with E-state index < -0.39 is 18.3 Å². The molecule has 2 aromatic rings. The molecule has 0 N–H and O–H groups in total. The van der Waals surface area contributed by atoms with Crippen LogP contribution in [-0.2, 0) is 15.9 Å². The number of rotatable bonds is 5. The minimum atomic E-state index is -0.707. The Morgan fingerprint density at radius 3 is 2.46 bits per heavy atom. The first-order valence-electron chi connectivity index (χ1n) is 8.49. The van der Waals surface area contributed by atoms with E-state index in [1.807, 2.05) is 33.8 Å². The van der Waals surface area contributed by atoms with E-state index in [9.17, 15) is 4.39 Å². The van der Waals surface area contributed by atoms with Gasteiger partial charge in [-0.1, -0.05) is 0 Å². The number of ether oxygens (including phenoxy) is 2. The summed E-state index contributed by atoms with van der Waals surface area (Å²) in [4.78, 5) is 4.15. The lowest BCUT2D eigenvalue weighted by Crippen LogP contribution is -2.41. The summed E-state index contributed by atoms with van der Waals surface area (Å²) in [6.07, 6.45) is 1.65. The number of aromatic nitrogens is 1. The van der Waals surface area contributed by atoms with Crippen LogP contribution in [0.15, 0.2) is 36.5 Å². The number of hydrogen-bond acceptors (Lipinski definition) is 5. The van der Waals surface area contributed by atoms with E-state index in [-0.39, 0.29) is 12.4 Å². The van der Waals surface area contributed by atoms with E-state index in [0.29, 0.717) is 17.1 Å². The van der Waals surface area contributed by atoms with Crippen LogP contribution in [0.4, 0.5) is 4.39 Å². The molecule has 26 heavy (non-hydrogen) atoms. The van der Waals surface area contributed by atoms with E-state index in [1.54, 1.807) is 25.4 Å². The molecular weight excluding hydrogens is 336 g/mol. The highest BCUT2D eigenvalue weighted by Crippen LogP contribution is 2.37. The number of methoxy groups -OCH3 is 1. The largest absolute Gasteiger partial charge is 0.498 e. The van der Waals surface area contributed by atoms with Gasteiger partial charge in [0.05, 0.1) is 23.9 Å². The molecule has 1 aliphatic heterocycles. The van der Waals surface area contributed by atoms with Gasteiger partial charge >= 0.3 is 7.12 Å². The quantitative estimate of drug-likeness (QED) is 0.768. The third kappa shape index (κ3) is 3.55. The Hall–Kier alpha value is -2.12. The fourth-order valence-electron chi connectivity index (χ4n) is 2.68. The number of benzene rings is 1. The second-order valence-corrected chi connectivity index (χ2v) is 7.23. The average molecular weight is 359 g/mol. The zero-order valence-electron chi connectivity index (χ0n) is 15.7. The van der Waals surface area contributed by atoms with Crippen LogP contribution in [0.3, 0.4) is 0 Å². The van der Waals surface area contributed by atoms with Gasteiger partial charge < -0.3 is 18.8 Å². The lowest BCUT2D eigenvalue weighted by Gasteiger charge is -2.32. The average Bonchev–Trinajstić information content (AvgIpc) is 2.81. The van der Waals surface area contributed by atoms with Gasteiger partial charge in [-0.15, -0.1) is 0 Å². The molecule has 1 aromatic carbocycles. The highest BCUT2D eigenvalue weighted by atomic mass is 19.1. The lowest BCUT2D eigenvalue weighted by molar-refractivity contribution is 0.00578. The Labute approximate surface area is 153 Å². The summed E-state index contributed by atoms with van der Waals surface area (Å²) < 4.78 is 37.1. The molecule has 0 amide bonds. The molecule has 0 radical (unpaired) electrons. The number of hydrogen-bond donors (Lipinski definition) is 0. The van der Waals surface area contributed by atoms with Gasteiger partial charge in [-0.2, -0.15) is 0 Å². The molecule has 0 atom stereocenters. The highest BCUT2D eigenvalue weighted by Gasteiger charge is 2.52. The maximum Gasteiger partial charge on any atom is 0.498 e. The topological polar surface area (TPSA) is 49.8 Å². The van der Waals surface area contributed by atoms with Crippen LogP contribution < -0.4 is 14.9 Å². The first-order valence-corrected chi connectivity index (χ1v) is 8.49. The van der Waals surface area contributed by atoms with Crippen LogP contribution >= 0.6 is 0 Å². The maximum atomic E-state index is 13.9. The molecule has 1 fully saturated rings. The third-order valence-corrected chi connectivity index (χ3v) is 4.91. The van der Waals surface area contributed by atoms with Gasteiger partial charge in [-0.05, 0) is 58.0 Å². The van der Waals surface area contributed by atoms with Crippen molar-refractivity contribution in [1.82, 2.24) is 4.98 Å². The number of halogens is 1. The van der Waals surface area contributed by atoms with Crippen molar-refractivity contribution in [3.63, 3.8) is 0 Å². The first-order chi connectivity index (χ1) is 12.2. The highest BCUT2D eigenvalue weighted by molar-refractivity contribution is 6.63. The summed E-state index contributed by atoms with van der Waals surface area (Å²) in [6, 6.07) is 7.99. The fraction of sp³-hybridized carbons (Fsp3) is 0.421. The number of pyridine rings is 1. The van der Waals surface area contributed by atoms with Gasteiger partial charge in [-0.25, -0.2) is 9.37 Å². The summed E-state index contributed by atoms with van der Waals surface area (Å²) in [5.74, 6) is 0.614. The summed E-state index contributed by atoms with van der Waals surface area (Å²) in [5.41, 5.74) is 0.271. The van der Waals surface area contributed by atoms with Gasteiger partial charge in [0, 0.05) is 11.7 Å². The van der Waals surface area contributed by atoms with Crippen LogP contribution in [0.25, 0.3) is 0 Å². The smallest absolute Gasteiger partial charge is 0.489 e. The standard InChI is InChI=1S/C19H23BFNO4/c1-18(2)19(3,4)26-20(25-18)15-11-14(21)8-9-16(15)24-12-13-7-6-10-22-17(13)23-5/h6-11H,12H2,1-5H3. The van der Waals surface area contributed by atoms with Crippen molar-refractivity contribution in [1.29, 1.82) is 0 Å². The predicted molar refractivity (Wildman–Crippen MR) is 97.2 cm³/mol. The molecule has 5 nitrogen and oxygen atoms in total. The predicted octanol–water partition coefficient (Wildman–Crippen LogP) is 3.11.